The maximum Gasteiger partial charge on any atom is 0.272 e. The van der Waals surface area contributed by atoms with E-state index >= 15 is 0 Å². The minimum absolute atomic E-state index is 0.0516. The molecule has 2 aromatic rings. The van der Waals surface area contributed by atoms with E-state index in [4.69, 9.17) is 10.6 Å². The first-order valence-electron chi connectivity index (χ1n) is 5.00. The first-order valence-corrected chi connectivity index (χ1v) is 5.00. The average Bonchev–Trinajstić information content (AvgIpc) is 2.41. The van der Waals surface area contributed by atoms with Crippen LogP contribution in [0.5, 0.6) is 11.6 Å². The Morgan fingerprint density at radius 2 is 2.16 bits per heavy atom. The third-order valence-corrected chi connectivity index (χ3v) is 2.13. The van der Waals surface area contributed by atoms with E-state index in [1.54, 1.807) is 0 Å². The molecule has 0 aliphatic rings. The Morgan fingerprint density at radius 1 is 1.37 bits per heavy atom. The van der Waals surface area contributed by atoms with Gasteiger partial charge in [0.15, 0.2) is 11.6 Å². The van der Waals surface area contributed by atoms with Crippen LogP contribution in [0.15, 0.2) is 30.6 Å². The second kappa shape index (κ2) is 5.23. The van der Waals surface area contributed by atoms with Gasteiger partial charge >= 0.3 is 0 Å². The molecule has 0 fully saturated rings. The van der Waals surface area contributed by atoms with Crippen LogP contribution in [-0.4, -0.2) is 14.9 Å². The van der Waals surface area contributed by atoms with Crippen molar-refractivity contribution in [1.82, 2.24) is 9.97 Å². The third kappa shape index (κ3) is 2.90. The van der Waals surface area contributed by atoms with Crippen molar-refractivity contribution in [2.75, 3.05) is 5.43 Å². The van der Waals surface area contributed by atoms with Gasteiger partial charge in [0.2, 0.25) is 5.88 Å². The Balaban J connectivity index is 2.25. The molecule has 1 heterocycles. The highest BCUT2D eigenvalue weighted by Gasteiger charge is 2.12. The van der Waals surface area contributed by atoms with E-state index in [-0.39, 0.29) is 23.1 Å². The number of nitrogen functional groups attached to an aromatic ring is 1. The van der Waals surface area contributed by atoms with Crippen LogP contribution in [-0.2, 0) is 0 Å². The number of ether oxygens (including phenoxy) is 1. The minimum Gasteiger partial charge on any atom is -0.436 e. The van der Waals surface area contributed by atoms with Gasteiger partial charge in [-0.05, 0) is 6.07 Å². The van der Waals surface area contributed by atoms with Gasteiger partial charge in [-0.3, -0.25) is 10.1 Å². The lowest BCUT2D eigenvalue weighted by molar-refractivity contribution is -0.385. The molecule has 9 heteroatoms. The zero-order valence-corrected chi connectivity index (χ0v) is 9.41. The van der Waals surface area contributed by atoms with Crippen molar-refractivity contribution < 1.29 is 14.1 Å². The Hall–Kier alpha value is -2.81. The molecule has 19 heavy (non-hydrogen) atoms. The molecule has 0 radical (unpaired) electrons. The molecular weight excluding hydrogens is 257 g/mol. The Morgan fingerprint density at radius 3 is 2.79 bits per heavy atom. The normalized spacial score (nSPS) is 10.0. The number of nitro benzene ring substituents is 1. The van der Waals surface area contributed by atoms with Crippen molar-refractivity contribution in [3.63, 3.8) is 0 Å². The lowest BCUT2D eigenvalue weighted by atomic mass is 10.3. The fourth-order valence-electron chi connectivity index (χ4n) is 1.27. The summed E-state index contributed by atoms with van der Waals surface area (Å²) < 4.78 is 18.7. The Labute approximate surface area is 106 Å². The van der Waals surface area contributed by atoms with E-state index in [1.807, 2.05) is 0 Å². The lowest BCUT2D eigenvalue weighted by Gasteiger charge is -2.06. The number of nitrogens with two attached hydrogens (primary N) is 1. The van der Waals surface area contributed by atoms with E-state index in [2.05, 4.69) is 15.4 Å². The highest BCUT2D eigenvalue weighted by Crippen LogP contribution is 2.26. The third-order valence-electron chi connectivity index (χ3n) is 2.13. The van der Waals surface area contributed by atoms with Crippen molar-refractivity contribution in [3.05, 3.63) is 46.5 Å². The number of nitrogens with one attached hydrogen (secondary N) is 1. The maximum absolute atomic E-state index is 13.6. The predicted octanol–water partition coefficient (Wildman–Crippen LogP) is 1.60. The van der Waals surface area contributed by atoms with Gasteiger partial charge in [-0.25, -0.2) is 20.2 Å². The van der Waals surface area contributed by atoms with Gasteiger partial charge in [-0.15, -0.1) is 0 Å². The van der Waals surface area contributed by atoms with Crippen molar-refractivity contribution >= 4 is 11.5 Å². The smallest absolute Gasteiger partial charge is 0.272 e. The molecule has 0 spiro atoms. The minimum atomic E-state index is -0.866. The average molecular weight is 265 g/mol. The molecule has 8 nitrogen and oxygen atoms in total. The highest BCUT2D eigenvalue weighted by atomic mass is 19.1. The fourth-order valence-corrected chi connectivity index (χ4v) is 1.27. The Kier molecular flexibility index (Phi) is 3.48. The number of rotatable bonds is 4. The topological polar surface area (TPSA) is 116 Å². The SMILES string of the molecule is NNc1cc(Oc2ccc([N+](=O)[O-])cc2F)ncn1. The van der Waals surface area contributed by atoms with E-state index in [1.165, 1.54) is 12.4 Å². The van der Waals surface area contributed by atoms with E-state index in [0.29, 0.717) is 0 Å². The molecule has 0 amide bonds. The number of nitro groups is 1. The van der Waals surface area contributed by atoms with Gasteiger partial charge in [-0.2, -0.15) is 0 Å². The second-order valence-electron chi connectivity index (χ2n) is 3.36. The molecule has 0 atom stereocenters. The number of non-ortho nitro benzene ring substituents is 1. The predicted molar refractivity (Wildman–Crippen MR) is 63.0 cm³/mol. The number of nitrogens with zero attached hydrogens (tertiary/aromatic N) is 3. The summed E-state index contributed by atoms with van der Waals surface area (Å²) in [5.74, 6) is 4.43. The molecule has 0 bridgehead atoms. The van der Waals surface area contributed by atoms with Crippen LogP contribution < -0.4 is 16.0 Å². The summed E-state index contributed by atoms with van der Waals surface area (Å²) in [6.07, 6.45) is 1.17. The van der Waals surface area contributed by atoms with E-state index < -0.39 is 10.7 Å². The maximum atomic E-state index is 13.6. The molecule has 98 valence electrons. The molecule has 0 aliphatic carbocycles. The summed E-state index contributed by atoms with van der Waals surface area (Å²) in [6, 6.07) is 4.38. The molecule has 3 N–H and O–H groups in total. The number of hydrogen-bond acceptors (Lipinski definition) is 7. The van der Waals surface area contributed by atoms with Crippen LogP contribution in [0.4, 0.5) is 15.9 Å². The summed E-state index contributed by atoms with van der Waals surface area (Å²) in [6.45, 7) is 0. The molecule has 1 aromatic carbocycles. The fraction of sp³-hybridized carbons (Fsp3) is 0. The van der Waals surface area contributed by atoms with Gasteiger partial charge in [0.25, 0.3) is 5.69 Å². The molecule has 2 rings (SSSR count). The number of halogens is 1. The number of benzene rings is 1. The van der Waals surface area contributed by atoms with E-state index in [0.717, 1.165) is 18.2 Å². The van der Waals surface area contributed by atoms with E-state index in [9.17, 15) is 14.5 Å². The molecule has 0 saturated heterocycles. The van der Waals surface area contributed by atoms with Crippen LogP contribution in [0, 0.1) is 15.9 Å². The molecule has 1 aromatic heterocycles. The number of aromatic nitrogens is 2. The summed E-state index contributed by atoms with van der Waals surface area (Å²) >= 11 is 0. The monoisotopic (exact) mass is 265 g/mol. The molecule has 0 aliphatic heterocycles. The standard InChI is InChI=1S/C10H8FN5O3/c11-7-3-6(16(17)18)1-2-8(7)19-10-4-9(15-12)13-5-14-10/h1-5H,12H2,(H,13,14,15). The zero-order valence-electron chi connectivity index (χ0n) is 9.41. The van der Waals surface area contributed by atoms with Gasteiger partial charge in [0.1, 0.15) is 12.1 Å². The van der Waals surface area contributed by atoms with Gasteiger partial charge in [0.05, 0.1) is 11.0 Å². The Bertz CT molecular complexity index is 622. The molecular formula is C10H8FN5O3. The number of hydrogen-bond donors (Lipinski definition) is 2. The van der Waals surface area contributed by atoms with Crippen LogP contribution in [0.2, 0.25) is 0 Å². The lowest BCUT2D eigenvalue weighted by Crippen LogP contribution is -2.08. The largest absolute Gasteiger partial charge is 0.436 e. The van der Waals surface area contributed by atoms with Crippen molar-refractivity contribution in [3.8, 4) is 11.6 Å². The van der Waals surface area contributed by atoms with Crippen molar-refractivity contribution in [2.24, 2.45) is 5.84 Å². The summed E-state index contributed by atoms with van der Waals surface area (Å²) in [4.78, 5) is 17.3. The highest BCUT2D eigenvalue weighted by molar-refractivity contribution is 5.41. The van der Waals surface area contributed by atoms with Gasteiger partial charge in [-0.1, -0.05) is 0 Å². The summed E-state index contributed by atoms with van der Waals surface area (Å²) in [5.41, 5.74) is 1.91. The van der Waals surface area contributed by atoms with Crippen molar-refractivity contribution in [2.45, 2.75) is 0 Å². The van der Waals surface area contributed by atoms with Crippen LogP contribution in [0.3, 0.4) is 0 Å². The summed E-state index contributed by atoms with van der Waals surface area (Å²) in [5, 5.41) is 10.5. The number of hydrazine groups is 1. The van der Waals surface area contributed by atoms with Crippen LogP contribution >= 0.6 is 0 Å². The quantitative estimate of drug-likeness (QED) is 0.490. The zero-order chi connectivity index (χ0) is 13.8. The molecule has 0 unspecified atom stereocenters. The van der Waals surface area contributed by atoms with Gasteiger partial charge in [0, 0.05) is 12.1 Å². The first kappa shape index (κ1) is 12.6. The van der Waals surface area contributed by atoms with Crippen LogP contribution in [0.1, 0.15) is 0 Å². The molecule has 0 saturated carbocycles. The first-order chi connectivity index (χ1) is 9.10. The second-order valence-corrected chi connectivity index (χ2v) is 3.36. The summed E-state index contributed by atoms with van der Waals surface area (Å²) in [7, 11) is 0. The number of anilines is 1. The van der Waals surface area contributed by atoms with Crippen LogP contribution in [0.25, 0.3) is 0 Å². The van der Waals surface area contributed by atoms with Gasteiger partial charge < -0.3 is 10.2 Å². The van der Waals surface area contributed by atoms with Crippen molar-refractivity contribution in [1.29, 1.82) is 0 Å².